The van der Waals surface area contributed by atoms with Crippen LogP contribution >= 0.6 is 0 Å². The Morgan fingerprint density at radius 3 is 1.84 bits per heavy atom. The van der Waals surface area contributed by atoms with Gasteiger partial charge in [-0.15, -0.1) is 0 Å². The van der Waals surface area contributed by atoms with Crippen LogP contribution in [0.15, 0.2) is 78.9 Å². The van der Waals surface area contributed by atoms with Crippen molar-refractivity contribution in [1.29, 1.82) is 0 Å². The maximum absolute atomic E-state index is 13.1. The van der Waals surface area contributed by atoms with E-state index in [2.05, 4.69) is 0 Å². The molecule has 0 bridgehead atoms. The predicted molar refractivity (Wildman–Crippen MR) is 118 cm³/mol. The van der Waals surface area contributed by atoms with Gasteiger partial charge in [-0.05, 0) is 47.7 Å². The number of hydrogen-bond acceptors (Lipinski definition) is 4. The van der Waals surface area contributed by atoms with Crippen molar-refractivity contribution >= 4 is 17.8 Å². The summed E-state index contributed by atoms with van der Waals surface area (Å²) in [6, 6.07) is 22.7. The minimum atomic E-state index is -0.985. The lowest BCUT2D eigenvalue weighted by Crippen LogP contribution is -2.47. The van der Waals surface area contributed by atoms with Gasteiger partial charge < -0.3 is 4.74 Å². The van der Waals surface area contributed by atoms with E-state index < -0.39 is 23.8 Å². The number of amides is 2. The molecule has 5 heteroatoms. The Morgan fingerprint density at radius 2 is 1.29 bits per heavy atom. The summed E-state index contributed by atoms with van der Waals surface area (Å²) in [4.78, 5) is 39.9. The summed E-state index contributed by atoms with van der Waals surface area (Å²) < 4.78 is 5.59. The highest BCUT2D eigenvalue weighted by Crippen LogP contribution is 2.28. The molecule has 4 rings (SSSR count). The van der Waals surface area contributed by atoms with E-state index in [1.165, 1.54) is 0 Å². The van der Waals surface area contributed by atoms with E-state index in [0.29, 0.717) is 23.3 Å². The Balaban J connectivity index is 1.56. The monoisotopic (exact) mass is 413 g/mol. The van der Waals surface area contributed by atoms with E-state index in [0.717, 1.165) is 16.0 Å². The fourth-order valence-corrected chi connectivity index (χ4v) is 3.77. The molecule has 31 heavy (non-hydrogen) atoms. The lowest BCUT2D eigenvalue weighted by Gasteiger charge is -2.25. The van der Waals surface area contributed by atoms with Crippen molar-refractivity contribution in [3.63, 3.8) is 0 Å². The average Bonchev–Trinajstić information content (AvgIpc) is 3.03. The molecule has 1 aliphatic heterocycles. The summed E-state index contributed by atoms with van der Waals surface area (Å²) in [6.45, 7) is 3.88. The number of imide groups is 1. The molecule has 0 saturated heterocycles. The van der Waals surface area contributed by atoms with Gasteiger partial charge in [0.05, 0.1) is 11.1 Å². The number of carbonyl (C=O) groups is 3. The van der Waals surface area contributed by atoms with Crippen LogP contribution in [0, 0.1) is 5.92 Å². The zero-order valence-electron chi connectivity index (χ0n) is 17.4. The Hall–Kier alpha value is -3.73. The summed E-state index contributed by atoms with van der Waals surface area (Å²) in [6.07, 6.45) is 0.326. The van der Waals surface area contributed by atoms with E-state index >= 15 is 0 Å². The minimum absolute atomic E-state index is 0.0855. The molecule has 0 N–H and O–H groups in total. The Bertz CT molecular complexity index is 1080. The second-order valence-corrected chi connectivity index (χ2v) is 7.98. The van der Waals surface area contributed by atoms with Crippen molar-refractivity contribution in [3.05, 3.63) is 90.0 Å². The Kier molecular flexibility index (Phi) is 5.67. The molecular formula is C26H23NO4. The van der Waals surface area contributed by atoms with Crippen LogP contribution in [0.25, 0.3) is 11.1 Å². The highest BCUT2D eigenvalue weighted by molar-refractivity contribution is 6.22. The minimum Gasteiger partial charge on any atom is -0.425 e. The predicted octanol–water partition coefficient (Wildman–Crippen LogP) is 4.97. The molecule has 0 saturated carbocycles. The van der Waals surface area contributed by atoms with Gasteiger partial charge >= 0.3 is 5.97 Å². The molecule has 3 aromatic rings. The van der Waals surface area contributed by atoms with Crippen LogP contribution in [0.3, 0.4) is 0 Å². The van der Waals surface area contributed by atoms with E-state index in [1.807, 2.05) is 56.3 Å². The quantitative estimate of drug-likeness (QED) is 0.325. The van der Waals surface area contributed by atoms with Crippen LogP contribution in [0.2, 0.25) is 0 Å². The van der Waals surface area contributed by atoms with Crippen molar-refractivity contribution in [2.75, 3.05) is 0 Å². The number of ether oxygens (including phenoxy) is 1. The molecule has 3 aromatic carbocycles. The molecule has 1 heterocycles. The smallest absolute Gasteiger partial charge is 0.334 e. The van der Waals surface area contributed by atoms with E-state index in [9.17, 15) is 14.4 Å². The topological polar surface area (TPSA) is 63.7 Å². The van der Waals surface area contributed by atoms with Crippen LogP contribution in [-0.4, -0.2) is 28.7 Å². The van der Waals surface area contributed by atoms with E-state index in [-0.39, 0.29) is 5.92 Å². The van der Waals surface area contributed by atoms with Gasteiger partial charge in [-0.1, -0.05) is 68.4 Å². The third kappa shape index (κ3) is 4.12. The molecule has 5 nitrogen and oxygen atoms in total. The highest BCUT2D eigenvalue weighted by Gasteiger charge is 2.43. The molecule has 0 fully saturated rings. The van der Waals surface area contributed by atoms with E-state index in [4.69, 9.17) is 4.74 Å². The number of benzene rings is 3. The second-order valence-electron chi connectivity index (χ2n) is 7.98. The first kappa shape index (κ1) is 20.5. The van der Waals surface area contributed by atoms with Gasteiger partial charge in [0.1, 0.15) is 11.8 Å². The van der Waals surface area contributed by atoms with Crippen molar-refractivity contribution in [2.24, 2.45) is 5.92 Å². The van der Waals surface area contributed by atoms with Gasteiger partial charge in [0, 0.05) is 0 Å². The number of esters is 1. The molecule has 1 atom stereocenters. The average molecular weight is 413 g/mol. The number of nitrogens with zero attached hydrogens (tertiary/aromatic N) is 1. The number of rotatable bonds is 6. The van der Waals surface area contributed by atoms with Crippen LogP contribution < -0.4 is 4.74 Å². The van der Waals surface area contributed by atoms with Gasteiger partial charge in [0.25, 0.3) is 11.8 Å². The molecule has 1 aliphatic rings. The fourth-order valence-electron chi connectivity index (χ4n) is 3.77. The summed E-state index contributed by atoms with van der Waals surface area (Å²) in [5.74, 6) is -1.07. The summed E-state index contributed by atoms with van der Waals surface area (Å²) in [5.41, 5.74) is 2.70. The fraction of sp³-hybridized carbons (Fsp3) is 0.192. The molecular weight excluding hydrogens is 390 g/mol. The van der Waals surface area contributed by atoms with E-state index in [1.54, 1.807) is 36.4 Å². The van der Waals surface area contributed by atoms with Crippen molar-refractivity contribution in [3.8, 4) is 16.9 Å². The van der Waals surface area contributed by atoms with Gasteiger partial charge in [0.15, 0.2) is 0 Å². The van der Waals surface area contributed by atoms with Crippen LogP contribution in [-0.2, 0) is 4.79 Å². The van der Waals surface area contributed by atoms with Gasteiger partial charge in [0.2, 0.25) is 0 Å². The highest BCUT2D eigenvalue weighted by atomic mass is 16.5. The summed E-state index contributed by atoms with van der Waals surface area (Å²) in [5, 5.41) is 0. The number of hydrogen-bond donors (Lipinski definition) is 0. The lowest BCUT2D eigenvalue weighted by molar-refractivity contribution is -0.139. The SMILES string of the molecule is CC(C)C[C@H](C(=O)Oc1ccc(-c2ccccc2)cc1)N1C(=O)c2ccccc2C1=O. The second kappa shape index (κ2) is 8.56. The summed E-state index contributed by atoms with van der Waals surface area (Å²) in [7, 11) is 0. The normalized spacial score (nSPS) is 14.0. The lowest BCUT2D eigenvalue weighted by atomic mass is 10.0. The van der Waals surface area contributed by atoms with Gasteiger partial charge in [-0.2, -0.15) is 0 Å². The number of fused-ring (bicyclic) bond motifs is 1. The largest absolute Gasteiger partial charge is 0.425 e. The first-order valence-corrected chi connectivity index (χ1v) is 10.3. The van der Waals surface area contributed by atoms with Crippen molar-refractivity contribution in [2.45, 2.75) is 26.3 Å². The number of carbonyl (C=O) groups excluding carboxylic acids is 3. The van der Waals surface area contributed by atoms with Gasteiger partial charge in [-0.25, -0.2) is 4.79 Å². The maximum atomic E-state index is 13.1. The first-order valence-electron chi connectivity index (χ1n) is 10.3. The van der Waals surface area contributed by atoms with Crippen molar-refractivity contribution < 1.29 is 19.1 Å². The molecule has 0 aromatic heterocycles. The zero-order chi connectivity index (χ0) is 22.0. The van der Waals surface area contributed by atoms with Gasteiger partial charge in [-0.3, -0.25) is 14.5 Å². The molecule has 0 aliphatic carbocycles. The molecule has 0 radical (unpaired) electrons. The third-order valence-corrected chi connectivity index (χ3v) is 5.28. The van der Waals surface area contributed by atoms with Crippen LogP contribution in [0.1, 0.15) is 41.0 Å². The van der Waals surface area contributed by atoms with Crippen LogP contribution in [0.5, 0.6) is 5.75 Å². The maximum Gasteiger partial charge on any atom is 0.334 e. The zero-order valence-corrected chi connectivity index (χ0v) is 17.4. The first-order chi connectivity index (χ1) is 15.0. The van der Waals surface area contributed by atoms with Crippen molar-refractivity contribution in [1.82, 2.24) is 4.90 Å². The molecule has 2 amide bonds. The molecule has 0 spiro atoms. The third-order valence-electron chi connectivity index (χ3n) is 5.28. The summed E-state index contributed by atoms with van der Waals surface area (Å²) >= 11 is 0. The molecule has 156 valence electrons. The van der Waals surface area contributed by atoms with Crippen LogP contribution in [0.4, 0.5) is 0 Å². The molecule has 0 unspecified atom stereocenters. The Labute approximate surface area is 181 Å². The Morgan fingerprint density at radius 1 is 0.774 bits per heavy atom. The standard InChI is InChI=1S/C26H23NO4/c1-17(2)16-23(27-24(28)21-10-6-7-11-22(21)25(27)29)26(30)31-20-14-12-19(13-15-20)18-8-4-3-5-9-18/h3-15,17,23H,16H2,1-2H3/t23-/m1/s1.